The molecule has 0 atom stereocenters. The first kappa shape index (κ1) is 16.3. The monoisotopic (exact) mass is 368 g/mol. The Bertz CT molecular complexity index is 626. The van der Waals surface area contributed by atoms with E-state index in [4.69, 9.17) is 16.3 Å². The first-order valence-electron chi connectivity index (χ1n) is 6.65. The van der Waals surface area contributed by atoms with Crippen LogP contribution in [0.15, 0.2) is 41.1 Å². The Balaban J connectivity index is 2.08. The molecule has 0 aliphatic rings. The lowest BCUT2D eigenvalue weighted by atomic mass is 10.1. The third-order valence-corrected chi connectivity index (χ3v) is 3.53. The van der Waals surface area contributed by atoms with E-state index in [-0.39, 0.29) is 5.54 Å². The highest BCUT2D eigenvalue weighted by Gasteiger charge is 2.10. The lowest BCUT2D eigenvalue weighted by molar-refractivity contribution is 0.424. The van der Waals surface area contributed by atoms with Gasteiger partial charge in [-0.05, 0) is 60.5 Å². The molecule has 5 heteroatoms. The maximum atomic E-state index is 6.31. The van der Waals surface area contributed by atoms with E-state index in [1.165, 1.54) is 0 Å². The van der Waals surface area contributed by atoms with Gasteiger partial charge >= 0.3 is 0 Å². The van der Waals surface area contributed by atoms with E-state index < -0.39 is 0 Å². The number of halogens is 2. The Morgan fingerprint density at radius 3 is 2.57 bits per heavy atom. The second-order valence-corrected chi connectivity index (χ2v) is 7.12. The summed E-state index contributed by atoms with van der Waals surface area (Å²) in [5.41, 5.74) is 1.10. The van der Waals surface area contributed by atoms with Gasteiger partial charge < -0.3 is 10.1 Å². The summed E-state index contributed by atoms with van der Waals surface area (Å²) in [5, 5.41) is 4.10. The van der Waals surface area contributed by atoms with Gasteiger partial charge in [-0.3, -0.25) is 4.98 Å². The van der Waals surface area contributed by atoms with Crippen molar-refractivity contribution in [3.8, 4) is 11.5 Å². The van der Waals surface area contributed by atoms with Gasteiger partial charge in [-0.25, -0.2) is 0 Å². The third kappa shape index (κ3) is 5.30. The molecule has 0 bridgehead atoms. The van der Waals surface area contributed by atoms with Crippen LogP contribution in [0.4, 0.5) is 0 Å². The number of nitrogens with one attached hydrogen (secondary N) is 1. The van der Waals surface area contributed by atoms with Crippen LogP contribution in [-0.2, 0) is 6.54 Å². The molecule has 2 aromatic rings. The van der Waals surface area contributed by atoms with Crippen LogP contribution in [-0.4, -0.2) is 10.5 Å². The minimum atomic E-state index is 0.0560. The standard InChI is InChI=1S/C16H18BrClN2O/c1-16(2,3)20-8-11-4-5-13(7-15(11)18)21-14-6-12(17)9-19-10-14/h4-7,9-10,20H,8H2,1-3H3. The number of pyridine rings is 1. The van der Waals surface area contributed by atoms with E-state index in [2.05, 4.69) is 47.0 Å². The molecule has 3 nitrogen and oxygen atoms in total. The zero-order valence-electron chi connectivity index (χ0n) is 12.3. The van der Waals surface area contributed by atoms with Crippen molar-refractivity contribution >= 4 is 27.5 Å². The second-order valence-electron chi connectivity index (χ2n) is 5.80. The number of ether oxygens (including phenoxy) is 1. The van der Waals surface area contributed by atoms with Gasteiger partial charge in [-0.2, -0.15) is 0 Å². The summed E-state index contributed by atoms with van der Waals surface area (Å²) >= 11 is 9.67. The van der Waals surface area contributed by atoms with Crippen LogP contribution in [0.3, 0.4) is 0 Å². The minimum Gasteiger partial charge on any atom is -0.456 e. The molecule has 0 aliphatic carbocycles. The highest BCUT2D eigenvalue weighted by molar-refractivity contribution is 9.10. The normalized spacial score (nSPS) is 11.5. The zero-order valence-corrected chi connectivity index (χ0v) is 14.6. The maximum Gasteiger partial charge on any atom is 0.146 e. The lowest BCUT2D eigenvalue weighted by Crippen LogP contribution is -2.35. The fourth-order valence-corrected chi connectivity index (χ4v) is 2.26. The Labute approximate surface area is 138 Å². The van der Waals surface area contributed by atoms with Crippen LogP contribution in [0.25, 0.3) is 0 Å². The molecular weight excluding hydrogens is 352 g/mol. The van der Waals surface area contributed by atoms with Crippen molar-refractivity contribution in [3.63, 3.8) is 0 Å². The minimum absolute atomic E-state index is 0.0560. The predicted molar refractivity (Wildman–Crippen MR) is 90.1 cm³/mol. The Morgan fingerprint density at radius 2 is 1.95 bits per heavy atom. The highest BCUT2D eigenvalue weighted by atomic mass is 79.9. The average molecular weight is 370 g/mol. The SMILES string of the molecule is CC(C)(C)NCc1ccc(Oc2cncc(Br)c2)cc1Cl. The molecule has 1 aromatic heterocycles. The van der Waals surface area contributed by atoms with Gasteiger partial charge in [0.05, 0.1) is 6.20 Å². The molecule has 1 N–H and O–H groups in total. The first-order valence-corrected chi connectivity index (χ1v) is 7.82. The van der Waals surface area contributed by atoms with Crippen molar-refractivity contribution in [3.05, 3.63) is 51.7 Å². The topological polar surface area (TPSA) is 34.1 Å². The molecule has 0 radical (unpaired) electrons. The van der Waals surface area contributed by atoms with Crippen LogP contribution < -0.4 is 10.1 Å². The van der Waals surface area contributed by atoms with Gasteiger partial charge in [0.2, 0.25) is 0 Å². The van der Waals surface area contributed by atoms with Crippen LogP contribution in [0, 0.1) is 0 Å². The summed E-state index contributed by atoms with van der Waals surface area (Å²) in [7, 11) is 0. The van der Waals surface area contributed by atoms with Crippen molar-refractivity contribution in [2.24, 2.45) is 0 Å². The summed E-state index contributed by atoms with van der Waals surface area (Å²) in [6.07, 6.45) is 3.37. The van der Waals surface area contributed by atoms with E-state index in [1.54, 1.807) is 12.4 Å². The van der Waals surface area contributed by atoms with Gasteiger partial charge in [0, 0.05) is 27.8 Å². The highest BCUT2D eigenvalue weighted by Crippen LogP contribution is 2.28. The maximum absolute atomic E-state index is 6.31. The number of hydrogen-bond acceptors (Lipinski definition) is 3. The lowest BCUT2D eigenvalue weighted by Gasteiger charge is -2.21. The van der Waals surface area contributed by atoms with E-state index in [0.29, 0.717) is 16.5 Å². The number of hydrogen-bond donors (Lipinski definition) is 1. The average Bonchev–Trinajstić information content (AvgIpc) is 2.36. The van der Waals surface area contributed by atoms with Crippen molar-refractivity contribution < 1.29 is 4.74 Å². The molecule has 0 saturated heterocycles. The third-order valence-electron chi connectivity index (χ3n) is 2.75. The van der Waals surface area contributed by atoms with E-state index in [9.17, 15) is 0 Å². The molecule has 0 fully saturated rings. The van der Waals surface area contributed by atoms with Crippen molar-refractivity contribution in [1.82, 2.24) is 10.3 Å². The number of rotatable bonds is 4. The molecule has 0 amide bonds. The van der Waals surface area contributed by atoms with E-state index in [1.807, 2.05) is 24.3 Å². The quantitative estimate of drug-likeness (QED) is 0.806. The predicted octanol–water partition coefficient (Wildman–Crippen LogP) is 5.18. The summed E-state index contributed by atoms with van der Waals surface area (Å²) < 4.78 is 6.62. The summed E-state index contributed by atoms with van der Waals surface area (Å²) in [6, 6.07) is 7.56. The summed E-state index contributed by atoms with van der Waals surface area (Å²) in [5.74, 6) is 1.36. The summed E-state index contributed by atoms with van der Waals surface area (Å²) in [4.78, 5) is 4.06. The molecule has 21 heavy (non-hydrogen) atoms. The Kier molecular flexibility index (Phi) is 5.25. The van der Waals surface area contributed by atoms with Crippen LogP contribution >= 0.6 is 27.5 Å². The molecule has 1 aromatic carbocycles. The van der Waals surface area contributed by atoms with Crippen molar-refractivity contribution in [1.29, 1.82) is 0 Å². The van der Waals surface area contributed by atoms with Gasteiger partial charge in [0.1, 0.15) is 11.5 Å². The summed E-state index contributed by atoms with van der Waals surface area (Å²) in [6.45, 7) is 7.09. The first-order chi connectivity index (χ1) is 9.83. The molecule has 0 spiro atoms. The Hall–Kier alpha value is -1.10. The molecule has 1 heterocycles. The van der Waals surface area contributed by atoms with Gasteiger partial charge in [-0.15, -0.1) is 0 Å². The number of benzene rings is 1. The number of nitrogens with zero attached hydrogens (tertiary/aromatic N) is 1. The van der Waals surface area contributed by atoms with Crippen molar-refractivity contribution in [2.45, 2.75) is 32.9 Å². The zero-order chi connectivity index (χ0) is 15.5. The molecular formula is C16H18BrClN2O. The second kappa shape index (κ2) is 6.77. The Morgan fingerprint density at radius 1 is 1.19 bits per heavy atom. The number of aromatic nitrogens is 1. The molecule has 0 saturated carbocycles. The van der Waals surface area contributed by atoms with E-state index in [0.717, 1.165) is 16.6 Å². The van der Waals surface area contributed by atoms with Gasteiger partial charge in [0.15, 0.2) is 0 Å². The van der Waals surface area contributed by atoms with E-state index >= 15 is 0 Å². The van der Waals surface area contributed by atoms with Crippen LogP contribution in [0.1, 0.15) is 26.3 Å². The largest absolute Gasteiger partial charge is 0.456 e. The molecule has 0 aliphatic heterocycles. The molecule has 0 unspecified atom stereocenters. The van der Waals surface area contributed by atoms with Gasteiger partial charge in [0.25, 0.3) is 0 Å². The fraction of sp³-hybridized carbons (Fsp3) is 0.312. The molecule has 112 valence electrons. The fourth-order valence-electron chi connectivity index (χ4n) is 1.68. The van der Waals surface area contributed by atoms with Crippen molar-refractivity contribution in [2.75, 3.05) is 0 Å². The van der Waals surface area contributed by atoms with Crippen LogP contribution in [0.2, 0.25) is 5.02 Å². The molecule has 2 rings (SSSR count). The smallest absolute Gasteiger partial charge is 0.146 e. The van der Waals surface area contributed by atoms with Gasteiger partial charge in [-0.1, -0.05) is 17.7 Å². The van der Waals surface area contributed by atoms with Crippen LogP contribution in [0.5, 0.6) is 11.5 Å².